The van der Waals surface area contributed by atoms with E-state index in [1.54, 1.807) is 29.9 Å². The van der Waals surface area contributed by atoms with E-state index in [1.807, 2.05) is 261 Å². The van der Waals surface area contributed by atoms with Crippen LogP contribution in [-0.2, 0) is 98.5 Å². The number of aliphatic hydroxyl groups is 4. The van der Waals surface area contributed by atoms with Crippen molar-refractivity contribution < 1.29 is 67.4 Å². The van der Waals surface area contributed by atoms with E-state index in [9.17, 15) is 20.1 Å². The van der Waals surface area contributed by atoms with E-state index in [0.29, 0.717) is 44.4 Å². The van der Waals surface area contributed by atoms with E-state index in [2.05, 4.69) is 135 Å². The number of nitrogens with two attached hydrogens (primary N) is 1. The molecule has 1 aliphatic heterocycles. The van der Waals surface area contributed by atoms with E-state index in [0.717, 1.165) is 74.6 Å². The SMILES string of the molecule is CC(C)CNC[C@@H](O)[C@H](Cc1ccccc1)N=CO[B]Cc1ccccc1.N[C@H](CO)Cc1ccccc1.O=C[C@H](Cc1ccccc1)N=CO[B]Cc1ccccc1.OC[C@H](Cc1ccccc1)N=CO[B]Cc1ccccc1.OC[C@H](Cc1ccccc1)NCc1ccccc1.[B](Cc1ccccc1)OC=N[C@@H](Cc1ccccc1)[C@H]1CO1.[CH2-]Cl.[Li+]. The molecule has 11 aromatic carbocycles. The van der Waals surface area contributed by atoms with Crippen molar-refractivity contribution >= 4 is 73.4 Å². The van der Waals surface area contributed by atoms with Crippen molar-refractivity contribution in [2.45, 2.75) is 133 Å². The van der Waals surface area contributed by atoms with Crippen LogP contribution in [0.1, 0.15) is 75.0 Å². The Morgan fingerprint density at radius 2 is 0.732 bits per heavy atom. The molecule has 12 rings (SSSR count). The van der Waals surface area contributed by atoms with E-state index in [1.165, 1.54) is 70.1 Å². The smallest absolute Gasteiger partial charge is 0.555 e. The number of halogens is 1. The van der Waals surface area contributed by atoms with Crippen molar-refractivity contribution in [2.75, 3.05) is 39.5 Å². The van der Waals surface area contributed by atoms with Crippen LogP contribution in [0.2, 0.25) is 0 Å². The van der Waals surface area contributed by atoms with Crippen LogP contribution < -0.4 is 35.2 Å². The molecule has 0 amide bonds. The molecule has 8 N–H and O–H groups in total. The predicted molar refractivity (Wildman–Crippen MR) is 505 cm³/mol. The first-order valence-corrected chi connectivity index (χ1v) is 42.0. The van der Waals surface area contributed by atoms with Gasteiger partial charge < -0.3 is 76.5 Å². The molecular formula is C100H119B4ClLiN7O10. The maximum absolute atomic E-state index is 11.0. The van der Waals surface area contributed by atoms with E-state index < -0.39 is 12.1 Å². The second-order valence-electron chi connectivity index (χ2n) is 29.0. The summed E-state index contributed by atoms with van der Waals surface area (Å²) in [4.78, 5) is 28.4. The summed E-state index contributed by atoms with van der Waals surface area (Å²) in [6, 6.07) is 110. The number of aldehydes is 1. The number of hydrogen-bond donors (Lipinski definition) is 7. The molecule has 634 valence electrons. The Morgan fingerprint density at radius 1 is 0.415 bits per heavy atom. The monoisotopic (exact) mass is 1660 g/mol. The molecule has 17 nitrogen and oxygen atoms in total. The fourth-order valence-electron chi connectivity index (χ4n) is 11.9. The van der Waals surface area contributed by atoms with Gasteiger partial charge in [-0.05, 0) is 109 Å². The molecule has 8 atom stereocenters. The average molecular weight is 1660 g/mol. The Bertz CT molecular complexity index is 4420. The Labute approximate surface area is 751 Å². The normalized spacial score (nSPS) is 13.4. The van der Waals surface area contributed by atoms with E-state index >= 15 is 0 Å². The number of carbonyl (C=O) groups is 1. The minimum Gasteiger partial charge on any atom is -0.555 e. The van der Waals surface area contributed by atoms with Crippen LogP contribution in [0.3, 0.4) is 0 Å². The van der Waals surface area contributed by atoms with E-state index in [4.69, 9.17) is 34.2 Å². The molecule has 1 saturated heterocycles. The zero-order valence-corrected chi connectivity index (χ0v) is 72.1. The fourth-order valence-corrected chi connectivity index (χ4v) is 11.9. The van der Waals surface area contributed by atoms with Gasteiger partial charge in [0.05, 0.1) is 50.7 Å². The van der Waals surface area contributed by atoms with Gasteiger partial charge in [0.25, 0.3) is 0 Å². The van der Waals surface area contributed by atoms with Crippen molar-refractivity contribution in [1.82, 2.24) is 10.6 Å². The Morgan fingerprint density at radius 3 is 1.08 bits per heavy atom. The first kappa shape index (κ1) is 103. The summed E-state index contributed by atoms with van der Waals surface area (Å²) in [7, 11) is 6.87. The summed E-state index contributed by atoms with van der Waals surface area (Å²) in [6.07, 6.45) is 16.3. The van der Waals surface area contributed by atoms with E-state index in [-0.39, 0.29) is 75.0 Å². The van der Waals surface area contributed by atoms with Gasteiger partial charge in [0.2, 0.25) is 0 Å². The van der Waals surface area contributed by atoms with Gasteiger partial charge in [-0.1, -0.05) is 370 Å². The molecule has 0 spiro atoms. The number of hydrogen-bond acceptors (Lipinski definition) is 17. The van der Waals surface area contributed by atoms with Crippen LogP contribution in [0, 0.1) is 12.3 Å². The standard InChI is InChI=1S/C22H30BN2O2.C18H19BNO2.C17H19BNO2.C17H17BNO2.C16H19NO.C9H13NO.CH2Cl.Li/c1-18(2)15-24-16-22(26)21(13-19-9-5-3-6-10-19)25-17-27-23-14-20-11-7-4-8-12-20;1-3-7-15(8-4-1)11-17(18-13-21-18)20-14-22-19-12-16-9-5-2-6-10-16;2*20-13-17(11-15-7-3-1-4-8-15)19-14-21-18-12-16-9-5-2-6-10-16;18-13-16(11-14-7-3-1-4-8-14)17-12-15-9-5-2-6-10-15;10-9(7-11)6-8-4-2-1-3-5-8;1-2;/h3-12,17-18,21-22,24,26H,13-16H2,1-2H3;1-10,14,17-18H,11-13H2;1-10,14,17,20H,11-13H2;1-10,13-14,17H,11-12H2;1-10,16-18H,11-13H2;1-5,9,11H,6-7,10H2;1H2;/q;;;;;;-1;+1/t21-,22+;17-,18+;2*17-;16-;9-;;/m000000../s1. The first-order valence-electron chi connectivity index (χ1n) is 41.5. The van der Waals surface area contributed by atoms with Crippen molar-refractivity contribution in [2.24, 2.45) is 31.6 Å². The molecule has 11 aromatic rings. The third-order valence-corrected chi connectivity index (χ3v) is 18.5. The number of benzene rings is 11. The van der Waals surface area contributed by atoms with Gasteiger partial charge in [0, 0.05) is 31.6 Å². The molecule has 4 radical (unpaired) electrons. The minimum atomic E-state index is -0.571. The van der Waals surface area contributed by atoms with Crippen LogP contribution >= 0.6 is 11.6 Å². The van der Waals surface area contributed by atoms with Crippen molar-refractivity contribution in [1.29, 1.82) is 0 Å². The van der Waals surface area contributed by atoms with Gasteiger partial charge in [0.15, 0.2) is 25.6 Å². The summed E-state index contributed by atoms with van der Waals surface area (Å²) in [5, 5.41) is 44.7. The number of carbonyl (C=O) groups excluding carboxylic acids is 1. The third kappa shape index (κ3) is 50.2. The number of ether oxygens (including phenoxy) is 1. The Kier molecular flexibility index (Phi) is 57.4. The number of epoxide rings is 1. The second kappa shape index (κ2) is 68.3. The minimum absolute atomic E-state index is 0. The largest absolute Gasteiger partial charge is 1.00 e. The zero-order chi connectivity index (χ0) is 86.6. The quantitative estimate of drug-likeness (QED) is 0.00357. The molecule has 23 heteroatoms. The molecule has 1 heterocycles. The van der Waals surface area contributed by atoms with Crippen molar-refractivity contribution in [3.63, 3.8) is 0 Å². The number of aliphatic hydroxyl groups excluding tert-OH is 4. The summed E-state index contributed by atoms with van der Waals surface area (Å²) >= 11 is 4.39. The summed E-state index contributed by atoms with van der Waals surface area (Å²) < 4.78 is 26.8. The Hall–Kier alpha value is -10.2. The molecule has 0 saturated carbocycles. The van der Waals surface area contributed by atoms with Gasteiger partial charge in [0.1, 0.15) is 18.4 Å². The third-order valence-electron chi connectivity index (χ3n) is 18.5. The van der Waals surface area contributed by atoms with Crippen LogP contribution in [0.4, 0.5) is 0 Å². The van der Waals surface area contributed by atoms with Gasteiger partial charge in [-0.3, -0.25) is 21.4 Å². The summed E-state index contributed by atoms with van der Waals surface area (Å²) in [6.45, 7) is 7.48. The molecule has 1 fully saturated rings. The zero-order valence-electron chi connectivity index (χ0n) is 71.4. The number of nitrogens with zero attached hydrogens (tertiary/aromatic N) is 4. The van der Waals surface area contributed by atoms with Gasteiger partial charge in [-0.15, -0.1) is 0 Å². The molecule has 0 unspecified atom stereocenters. The van der Waals surface area contributed by atoms with Gasteiger partial charge >= 0.3 is 48.8 Å². The van der Waals surface area contributed by atoms with Crippen LogP contribution in [0.25, 0.3) is 0 Å². The average Bonchev–Trinajstić information content (AvgIpc) is 1.72. The summed E-state index contributed by atoms with van der Waals surface area (Å²) in [5.41, 5.74) is 18.6. The molecular weight excluding hydrogens is 1540 g/mol. The number of nitrogens with one attached hydrogen (secondary N) is 2. The summed E-state index contributed by atoms with van der Waals surface area (Å²) in [5.74, 6) is 0.546. The van der Waals surface area contributed by atoms with Gasteiger partial charge in [-0.2, -0.15) is 0 Å². The molecule has 1 aliphatic rings. The number of rotatable bonds is 45. The van der Waals surface area contributed by atoms with Crippen molar-refractivity contribution in [3.05, 3.63) is 401 Å². The maximum Gasteiger partial charge on any atom is 1.00 e. The fraction of sp³-hybridized carbons (Fsp3) is 0.280. The topological polar surface area (TPSA) is 247 Å². The van der Waals surface area contributed by atoms with Crippen LogP contribution in [0.5, 0.6) is 0 Å². The Balaban J connectivity index is 0.000000264. The van der Waals surface area contributed by atoms with Crippen LogP contribution in [0.15, 0.2) is 354 Å². The maximum atomic E-state index is 11.0. The molecule has 0 aromatic heterocycles. The first-order chi connectivity index (χ1) is 60.0. The molecule has 0 bridgehead atoms. The van der Waals surface area contributed by atoms with Crippen LogP contribution in [-0.4, -0.2) is 170 Å². The molecule has 123 heavy (non-hydrogen) atoms. The molecule has 0 aliphatic carbocycles. The second-order valence-corrected chi connectivity index (χ2v) is 29.0. The number of aliphatic imine (C=N–C) groups is 4. The van der Waals surface area contributed by atoms with Gasteiger partial charge in [-0.25, -0.2) is 4.99 Å². The predicted octanol–water partition coefficient (Wildman–Crippen LogP) is 12.0. The van der Waals surface area contributed by atoms with Crippen molar-refractivity contribution in [3.8, 4) is 0 Å².